The highest BCUT2D eigenvalue weighted by Crippen LogP contribution is 2.30. The van der Waals surface area contributed by atoms with Gasteiger partial charge in [-0.3, -0.25) is 9.69 Å². The Hall–Kier alpha value is -2.48. The van der Waals surface area contributed by atoms with E-state index in [1.54, 1.807) is 32.4 Å². The molecule has 1 aromatic rings. The van der Waals surface area contributed by atoms with E-state index in [2.05, 4.69) is 15.5 Å². The van der Waals surface area contributed by atoms with Crippen molar-refractivity contribution < 1.29 is 19.1 Å². The molecule has 0 bridgehead atoms. The maximum Gasteiger partial charge on any atom is 0.317 e. The van der Waals surface area contributed by atoms with Gasteiger partial charge >= 0.3 is 6.03 Å². The molecule has 0 aromatic heterocycles. The van der Waals surface area contributed by atoms with E-state index < -0.39 is 0 Å². The number of benzene rings is 1. The van der Waals surface area contributed by atoms with Crippen LogP contribution in [0.3, 0.4) is 0 Å². The summed E-state index contributed by atoms with van der Waals surface area (Å²) in [7, 11) is 3.12. The van der Waals surface area contributed by atoms with Crippen molar-refractivity contribution in [2.24, 2.45) is 0 Å². The largest absolute Gasteiger partial charge is 0.493 e. The van der Waals surface area contributed by atoms with Crippen LogP contribution in [0.1, 0.15) is 6.92 Å². The van der Waals surface area contributed by atoms with Crippen LogP contribution in [-0.2, 0) is 4.79 Å². The summed E-state index contributed by atoms with van der Waals surface area (Å²) in [5.41, 5.74) is 0.658. The molecule has 0 spiro atoms. The number of anilines is 1. The Morgan fingerprint density at radius 2 is 2.00 bits per heavy atom. The molecular weight excluding hydrogens is 324 g/mol. The van der Waals surface area contributed by atoms with Gasteiger partial charge in [-0.1, -0.05) is 0 Å². The smallest absolute Gasteiger partial charge is 0.317 e. The first-order valence-electron chi connectivity index (χ1n) is 8.35. The van der Waals surface area contributed by atoms with Crippen LogP contribution in [0.4, 0.5) is 10.5 Å². The topological polar surface area (TPSA) is 83.1 Å². The first kappa shape index (κ1) is 17.3. The number of hydrogen-bond donors (Lipinski definition) is 2. The van der Waals surface area contributed by atoms with Crippen molar-refractivity contribution in [3.8, 4) is 11.5 Å². The molecule has 1 unspecified atom stereocenters. The van der Waals surface area contributed by atoms with Crippen LogP contribution >= 0.6 is 0 Å². The fraction of sp³-hybridized carbons (Fsp3) is 0.529. The highest BCUT2D eigenvalue weighted by atomic mass is 16.5. The van der Waals surface area contributed by atoms with Crippen LogP contribution in [0, 0.1) is 0 Å². The number of methoxy groups -OCH3 is 2. The number of carbonyl (C=O) groups excluding carboxylic acids is 2. The van der Waals surface area contributed by atoms with Gasteiger partial charge in [-0.15, -0.1) is 0 Å². The molecular formula is C17H24N4O4. The van der Waals surface area contributed by atoms with Crippen molar-refractivity contribution in [1.82, 2.24) is 15.1 Å². The maximum atomic E-state index is 12.5. The van der Waals surface area contributed by atoms with E-state index in [-0.39, 0.29) is 24.0 Å². The van der Waals surface area contributed by atoms with E-state index in [1.165, 1.54) is 0 Å². The van der Waals surface area contributed by atoms with Crippen molar-refractivity contribution >= 4 is 17.6 Å². The Labute approximate surface area is 147 Å². The van der Waals surface area contributed by atoms with Gasteiger partial charge in [0.15, 0.2) is 11.5 Å². The molecule has 136 valence electrons. The normalized spacial score (nSPS) is 19.2. The fourth-order valence-corrected chi connectivity index (χ4v) is 3.16. The van der Waals surface area contributed by atoms with Gasteiger partial charge < -0.3 is 25.0 Å². The van der Waals surface area contributed by atoms with Gasteiger partial charge in [-0.05, 0) is 19.1 Å². The van der Waals surface area contributed by atoms with Gasteiger partial charge in [0, 0.05) is 37.9 Å². The molecule has 3 rings (SSSR count). The Morgan fingerprint density at radius 3 is 2.60 bits per heavy atom. The van der Waals surface area contributed by atoms with Crippen LogP contribution in [0.15, 0.2) is 18.2 Å². The quantitative estimate of drug-likeness (QED) is 0.792. The average molecular weight is 348 g/mol. The Morgan fingerprint density at radius 1 is 1.28 bits per heavy atom. The van der Waals surface area contributed by atoms with Crippen molar-refractivity contribution in [3.05, 3.63) is 18.2 Å². The summed E-state index contributed by atoms with van der Waals surface area (Å²) < 4.78 is 10.4. The average Bonchev–Trinajstić information content (AvgIpc) is 2.99. The first-order valence-corrected chi connectivity index (χ1v) is 8.35. The zero-order valence-corrected chi connectivity index (χ0v) is 14.7. The third-order valence-electron chi connectivity index (χ3n) is 4.80. The summed E-state index contributed by atoms with van der Waals surface area (Å²) in [5.74, 6) is 1.09. The van der Waals surface area contributed by atoms with Crippen LogP contribution < -0.4 is 20.1 Å². The number of carbonyl (C=O) groups is 2. The molecule has 2 saturated heterocycles. The maximum absolute atomic E-state index is 12.5. The molecule has 2 aliphatic rings. The van der Waals surface area contributed by atoms with Crippen molar-refractivity contribution in [2.45, 2.75) is 19.0 Å². The predicted octanol–water partition coefficient (Wildman–Crippen LogP) is 0.740. The molecule has 8 nitrogen and oxygen atoms in total. The number of nitrogens with one attached hydrogen (secondary N) is 2. The van der Waals surface area contributed by atoms with Crippen molar-refractivity contribution in [3.63, 3.8) is 0 Å². The monoisotopic (exact) mass is 348 g/mol. The molecule has 0 aliphatic carbocycles. The molecule has 2 fully saturated rings. The van der Waals surface area contributed by atoms with E-state index in [0.717, 1.165) is 6.54 Å². The molecule has 2 aliphatic heterocycles. The zero-order valence-electron chi connectivity index (χ0n) is 14.7. The minimum absolute atomic E-state index is 0.00733. The van der Waals surface area contributed by atoms with Gasteiger partial charge in [-0.25, -0.2) is 4.79 Å². The molecule has 1 atom stereocenters. The number of likely N-dealkylation sites (tertiary alicyclic amines) is 1. The van der Waals surface area contributed by atoms with E-state index in [4.69, 9.17) is 9.47 Å². The summed E-state index contributed by atoms with van der Waals surface area (Å²) in [5, 5.41) is 5.71. The third kappa shape index (κ3) is 3.48. The SMILES string of the molecule is COc1ccc(NC(=O)C(C)N2CC(N3CCNC3=O)C2)cc1OC. The fourth-order valence-electron chi connectivity index (χ4n) is 3.16. The summed E-state index contributed by atoms with van der Waals surface area (Å²) in [6, 6.07) is 5.18. The third-order valence-corrected chi connectivity index (χ3v) is 4.80. The van der Waals surface area contributed by atoms with Crippen LogP contribution in [0.2, 0.25) is 0 Å². The van der Waals surface area contributed by atoms with Gasteiger partial charge in [-0.2, -0.15) is 0 Å². The van der Waals surface area contributed by atoms with Crippen molar-refractivity contribution in [1.29, 1.82) is 0 Å². The second-order valence-electron chi connectivity index (χ2n) is 6.27. The number of hydrogen-bond acceptors (Lipinski definition) is 5. The first-order chi connectivity index (χ1) is 12.0. The molecule has 2 N–H and O–H groups in total. The predicted molar refractivity (Wildman–Crippen MR) is 93.1 cm³/mol. The standard InChI is InChI=1S/C17H24N4O4/c1-11(20-9-13(10-20)21-7-6-18-17(21)23)16(22)19-12-4-5-14(24-2)15(8-12)25-3/h4-5,8,11,13H,6-7,9-10H2,1-3H3,(H,18,23)(H,19,22). The van der Waals surface area contributed by atoms with Crippen LogP contribution in [0.5, 0.6) is 11.5 Å². The Kier molecular flexibility index (Phi) is 4.98. The summed E-state index contributed by atoms with van der Waals surface area (Å²) in [6.07, 6.45) is 0. The summed E-state index contributed by atoms with van der Waals surface area (Å²) in [4.78, 5) is 28.0. The van der Waals surface area contributed by atoms with Gasteiger partial charge in [0.05, 0.1) is 26.3 Å². The lowest BCUT2D eigenvalue weighted by molar-refractivity contribution is -0.123. The second kappa shape index (κ2) is 7.18. The highest BCUT2D eigenvalue weighted by Gasteiger charge is 2.40. The zero-order chi connectivity index (χ0) is 18.0. The molecule has 25 heavy (non-hydrogen) atoms. The number of nitrogens with zero attached hydrogens (tertiary/aromatic N) is 2. The Balaban J connectivity index is 1.54. The molecule has 0 radical (unpaired) electrons. The van der Waals surface area contributed by atoms with Gasteiger partial charge in [0.2, 0.25) is 5.91 Å². The van der Waals surface area contributed by atoms with Crippen molar-refractivity contribution in [2.75, 3.05) is 45.7 Å². The number of ether oxygens (including phenoxy) is 2. The van der Waals surface area contributed by atoms with E-state index in [1.807, 2.05) is 11.8 Å². The lowest BCUT2D eigenvalue weighted by atomic mass is 10.0. The minimum Gasteiger partial charge on any atom is -0.493 e. The summed E-state index contributed by atoms with van der Waals surface area (Å²) in [6.45, 7) is 4.74. The summed E-state index contributed by atoms with van der Waals surface area (Å²) >= 11 is 0. The van der Waals surface area contributed by atoms with Crippen LogP contribution in [-0.4, -0.2) is 74.2 Å². The molecule has 1 aromatic carbocycles. The lowest BCUT2D eigenvalue weighted by Crippen LogP contribution is -2.64. The number of rotatable bonds is 6. The van der Waals surface area contributed by atoms with E-state index in [0.29, 0.717) is 36.8 Å². The van der Waals surface area contributed by atoms with E-state index in [9.17, 15) is 9.59 Å². The minimum atomic E-state index is -0.269. The molecule has 3 amide bonds. The van der Waals surface area contributed by atoms with E-state index >= 15 is 0 Å². The van der Waals surface area contributed by atoms with Gasteiger partial charge in [0.25, 0.3) is 0 Å². The van der Waals surface area contributed by atoms with Gasteiger partial charge in [0.1, 0.15) is 0 Å². The second-order valence-corrected chi connectivity index (χ2v) is 6.27. The lowest BCUT2D eigenvalue weighted by Gasteiger charge is -2.45. The number of amides is 3. The highest BCUT2D eigenvalue weighted by molar-refractivity contribution is 5.95. The van der Waals surface area contributed by atoms with Crippen LogP contribution in [0.25, 0.3) is 0 Å². The number of urea groups is 1. The Bertz CT molecular complexity index is 660. The molecule has 0 saturated carbocycles. The molecule has 2 heterocycles. The molecule has 8 heteroatoms.